The van der Waals surface area contributed by atoms with Crippen molar-refractivity contribution in [3.05, 3.63) is 35.4 Å². The molecule has 2 rings (SSSR count). The second kappa shape index (κ2) is 3.12. The molecular weight excluding hydrogens is 192 g/mol. The Hall–Kier alpha value is -1.77. The predicted octanol–water partition coefficient (Wildman–Crippen LogP) is 2.33. The molecule has 0 saturated heterocycles. The van der Waals surface area contributed by atoms with Gasteiger partial charge in [0, 0.05) is 5.56 Å². The summed E-state index contributed by atoms with van der Waals surface area (Å²) in [5, 5.41) is 9.13. The molecule has 3 nitrogen and oxygen atoms in total. The Bertz CT molecular complexity index is 448. The summed E-state index contributed by atoms with van der Waals surface area (Å²) < 4.78 is 5.53. The molecule has 0 saturated carbocycles. The molecule has 1 atom stereocenters. The molecule has 15 heavy (non-hydrogen) atoms. The molecule has 0 spiro atoms. The van der Waals surface area contributed by atoms with Crippen LogP contribution in [0.2, 0.25) is 0 Å². The van der Waals surface area contributed by atoms with Crippen LogP contribution in [0.1, 0.15) is 19.4 Å². The lowest BCUT2D eigenvalue weighted by atomic mass is 9.92. The van der Waals surface area contributed by atoms with Crippen LogP contribution in [0, 0.1) is 0 Å². The van der Waals surface area contributed by atoms with Gasteiger partial charge in [0.2, 0.25) is 5.60 Å². The number of carboxylic acid groups (broad SMARTS) is 1. The Labute approximate surface area is 88.0 Å². The maximum Gasteiger partial charge on any atom is 0.352 e. The molecule has 1 aliphatic rings. The summed E-state index contributed by atoms with van der Waals surface area (Å²) in [7, 11) is 0. The molecule has 0 radical (unpaired) electrons. The summed E-state index contributed by atoms with van der Waals surface area (Å²) in [5.41, 5.74) is 0.386. The number of benzene rings is 1. The van der Waals surface area contributed by atoms with E-state index in [2.05, 4.69) is 0 Å². The van der Waals surface area contributed by atoms with Gasteiger partial charge in [-0.05, 0) is 31.6 Å². The van der Waals surface area contributed by atoms with Crippen LogP contribution in [0.15, 0.2) is 29.8 Å². The van der Waals surface area contributed by atoms with Gasteiger partial charge in [0.15, 0.2) is 0 Å². The van der Waals surface area contributed by atoms with E-state index in [0.29, 0.717) is 11.3 Å². The topological polar surface area (TPSA) is 46.5 Å². The zero-order valence-electron chi connectivity index (χ0n) is 8.65. The second-order valence-electron chi connectivity index (χ2n) is 3.81. The molecule has 0 aliphatic carbocycles. The Morgan fingerprint density at radius 3 is 2.73 bits per heavy atom. The Kier molecular flexibility index (Phi) is 2.03. The number of hydrogen-bond donors (Lipinski definition) is 1. The minimum Gasteiger partial charge on any atom is -0.478 e. The van der Waals surface area contributed by atoms with Gasteiger partial charge in [0.05, 0.1) is 0 Å². The second-order valence-corrected chi connectivity index (χ2v) is 3.81. The van der Waals surface area contributed by atoms with Gasteiger partial charge < -0.3 is 9.84 Å². The van der Waals surface area contributed by atoms with Gasteiger partial charge in [0.25, 0.3) is 0 Å². The van der Waals surface area contributed by atoms with Crippen LogP contribution < -0.4 is 4.74 Å². The average molecular weight is 204 g/mol. The zero-order chi connectivity index (χ0) is 11.1. The van der Waals surface area contributed by atoms with Crippen LogP contribution in [-0.2, 0) is 4.79 Å². The van der Waals surface area contributed by atoms with Gasteiger partial charge in [-0.25, -0.2) is 4.79 Å². The molecule has 1 aromatic carbocycles. The van der Waals surface area contributed by atoms with Crippen molar-refractivity contribution in [3.63, 3.8) is 0 Å². The third kappa shape index (κ3) is 1.40. The molecule has 1 unspecified atom stereocenters. The molecule has 1 N–H and O–H groups in total. The van der Waals surface area contributed by atoms with E-state index >= 15 is 0 Å². The number of carbonyl (C=O) groups is 1. The van der Waals surface area contributed by atoms with Gasteiger partial charge in [-0.1, -0.05) is 18.2 Å². The number of para-hydroxylation sites is 1. The van der Waals surface area contributed by atoms with Crippen LogP contribution in [-0.4, -0.2) is 16.7 Å². The smallest absolute Gasteiger partial charge is 0.352 e. The van der Waals surface area contributed by atoms with Crippen LogP contribution in [0.5, 0.6) is 5.75 Å². The number of aliphatic carboxylic acids is 1. The lowest BCUT2D eigenvalue weighted by Gasteiger charge is -2.31. The molecule has 0 aromatic heterocycles. The fourth-order valence-electron chi connectivity index (χ4n) is 1.58. The number of ether oxygens (including phenoxy) is 1. The maximum atomic E-state index is 11.1. The van der Waals surface area contributed by atoms with E-state index in [0.717, 1.165) is 5.56 Å². The van der Waals surface area contributed by atoms with Crippen molar-refractivity contribution in [1.29, 1.82) is 0 Å². The van der Waals surface area contributed by atoms with E-state index in [1.807, 2.05) is 24.3 Å². The van der Waals surface area contributed by atoms with Gasteiger partial charge in [0.1, 0.15) is 5.75 Å². The molecular formula is C12H12O3. The highest BCUT2D eigenvalue weighted by Gasteiger charge is 2.40. The highest BCUT2D eigenvalue weighted by Crippen LogP contribution is 2.35. The summed E-state index contributed by atoms with van der Waals surface area (Å²) in [6, 6.07) is 7.41. The highest BCUT2D eigenvalue weighted by molar-refractivity contribution is 5.85. The summed E-state index contributed by atoms with van der Waals surface area (Å²) in [6.45, 7) is 3.33. The fraction of sp³-hybridized carbons (Fsp3) is 0.250. The molecule has 78 valence electrons. The first-order chi connectivity index (χ1) is 7.04. The zero-order valence-corrected chi connectivity index (χ0v) is 8.65. The van der Waals surface area contributed by atoms with Crippen molar-refractivity contribution in [2.24, 2.45) is 0 Å². The van der Waals surface area contributed by atoms with Gasteiger partial charge >= 0.3 is 5.97 Å². The van der Waals surface area contributed by atoms with E-state index in [4.69, 9.17) is 9.84 Å². The van der Waals surface area contributed by atoms with Crippen molar-refractivity contribution in [3.8, 4) is 5.75 Å². The minimum absolute atomic E-state index is 0.619. The summed E-state index contributed by atoms with van der Waals surface area (Å²) >= 11 is 0. The molecule has 0 fully saturated rings. The van der Waals surface area contributed by atoms with Gasteiger partial charge in [-0.3, -0.25) is 0 Å². The Morgan fingerprint density at radius 2 is 2.07 bits per heavy atom. The monoisotopic (exact) mass is 204 g/mol. The third-order valence-electron chi connectivity index (χ3n) is 2.77. The first-order valence-corrected chi connectivity index (χ1v) is 4.74. The minimum atomic E-state index is -1.24. The highest BCUT2D eigenvalue weighted by atomic mass is 16.5. The van der Waals surface area contributed by atoms with E-state index in [9.17, 15) is 4.79 Å². The summed E-state index contributed by atoms with van der Waals surface area (Å²) in [6.07, 6.45) is 1.85. The van der Waals surface area contributed by atoms with Crippen molar-refractivity contribution in [1.82, 2.24) is 0 Å². The Balaban J connectivity index is 2.53. The molecule has 0 bridgehead atoms. The fourth-order valence-corrected chi connectivity index (χ4v) is 1.58. The molecule has 1 heterocycles. The van der Waals surface area contributed by atoms with Crippen LogP contribution in [0.25, 0.3) is 6.08 Å². The first kappa shape index (κ1) is 9.77. The standard InChI is InChI=1S/C12H12O3/c1-8-7-9-5-3-4-6-10(9)15-12(8,2)11(13)14/h3-7H,1-2H3,(H,13,14). The van der Waals surface area contributed by atoms with E-state index < -0.39 is 11.6 Å². The molecule has 0 amide bonds. The summed E-state index contributed by atoms with van der Waals surface area (Å²) in [5.74, 6) is -0.348. The third-order valence-corrected chi connectivity index (χ3v) is 2.77. The normalized spacial score (nSPS) is 23.7. The van der Waals surface area contributed by atoms with Crippen LogP contribution in [0.4, 0.5) is 0 Å². The van der Waals surface area contributed by atoms with Crippen molar-refractivity contribution in [2.75, 3.05) is 0 Å². The van der Waals surface area contributed by atoms with Crippen molar-refractivity contribution in [2.45, 2.75) is 19.4 Å². The molecule has 1 aliphatic heterocycles. The van der Waals surface area contributed by atoms with Crippen molar-refractivity contribution < 1.29 is 14.6 Å². The van der Waals surface area contributed by atoms with E-state index in [-0.39, 0.29) is 0 Å². The quantitative estimate of drug-likeness (QED) is 0.763. The molecule has 1 aromatic rings. The van der Waals surface area contributed by atoms with Crippen LogP contribution >= 0.6 is 0 Å². The summed E-state index contributed by atoms with van der Waals surface area (Å²) in [4.78, 5) is 11.1. The number of rotatable bonds is 1. The van der Waals surface area contributed by atoms with E-state index in [1.54, 1.807) is 19.9 Å². The first-order valence-electron chi connectivity index (χ1n) is 4.74. The predicted molar refractivity (Wildman–Crippen MR) is 56.8 cm³/mol. The lowest BCUT2D eigenvalue weighted by Crippen LogP contribution is -2.44. The van der Waals surface area contributed by atoms with Gasteiger partial charge in [-0.15, -0.1) is 0 Å². The average Bonchev–Trinajstić information content (AvgIpc) is 2.19. The number of carboxylic acids is 1. The van der Waals surface area contributed by atoms with Crippen molar-refractivity contribution >= 4 is 12.0 Å². The Morgan fingerprint density at radius 1 is 1.40 bits per heavy atom. The SMILES string of the molecule is CC1=Cc2ccccc2OC1(C)C(=O)O. The largest absolute Gasteiger partial charge is 0.478 e. The lowest BCUT2D eigenvalue weighted by molar-refractivity contribution is -0.150. The van der Waals surface area contributed by atoms with Crippen LogP contribution in [0.3, 0.4) is 0 Å². The maximum absolute atomic E-state index is 11.1. The number of fused-ring (bicyclic) bond motifs is 1. The number of hydrogen-bond acceptors (Lipinski definition) is 2. The van der Waals surface area contributed by atoms with E-state index in [1.165, 1.54) is 0 Å². The van der Waals surface area contributed by atoms with Gasteiger partial charge in [-0.2, -0.15) is 0 Å². The molecule has 3 heteroatoms.